The number of rotatable bonds is 4. The molecule has 60 valence electrons. The minimum absolute atomic E-state index is 0.664. The van der Waals surface area contributed by atoms with Crippen molar-refractivity contribution in [1.82, 2.24) is 4.90 Å². The summed E-state index contributed by atoms with van der Waals surface area (Å²) in [5.41, 5.74) is 0. The van der Waals surface area contributed by atoms with Gasteiger partial charge in [-0.25, -0.2) is 0 Å². The lowest BCUT2D eigenvalue weighted by Gasteiger charge is -2.37. The van der Waals surface area contributed by atoms with Gasteiger partial charge in [0.25, 0.3) is 0 Å². The first-order chi connectivity index (χ1) is 4.86. The Morgan fingerprint density at radius 2 is 2.40 bits per heavy atom. The summed E-state index contributed by atoms with van der Waals surface area (Å²) in [6, 6.07) is 0. The van der Waals surface area contributed by atoms with Gasteiger partial charge in [-0.2, -0.15) is 0 Å². The summed E-state index contributed by atoms with van der Waals surface area (Å²) in [6.45, 7) is 4.14. The molecule has 1 fully saturated rings. The lowest BCUT2D eigenvalue weighted by atomic mass is 10.2. The van der Waals surface area contributed by atoms with E-state index < -0.39 is 0 Å². The maximum absolute atomic E-state index is 5.38. The molecule has 3 nitrogen and oxygen atoms in total. The minimum Gasteiger partial charge on any atom is -0.383 e. The number of likely N-dealkylation sites (tertiary alicyclic amines) is 1. The van der Waals surface area contributed by atoms with Crippen LogP contribution >= 0.6 is 11.9 Å². The molecular formula is C6H14N2OS. The van der Waals surface area contributed by atoms with Gasteiger partial charge < -0.3 is 4.74 Å². The van der Waals surface area contributed by atoms with Crippen LogP contribution in [0.2, 0.25) is 0 Å². The third-order valence-electron chi connectivity index (χ3n) is 1.73. The normalized spacial score (nSPS) is 21.0. The number of hydrogen-bond acceptors (Lipinski definition) is 4. The van der Waals surface area contributed by atoms with E-state index in [0.717, 1.165) is 26.2 Å². The Morgan fingerprint density at radius 1 is 1.70 bits per heavy atom. The molecule has 0 bridgehead atoms. The fourth-order valence-corrected chi connectivity index (χ4v) is 1.61. The second-order valence-electron chi connectivity index (χ2n) is 2.51. The van der Waals surface area contributed by atoms with E-state index in [4.69, 9.17) is 9.88 Å². The van der Waals surface area contributed by atoms with Gasteiger partial charge in [0.05, 0.1) is 6.61 Å². The molecule has 0 unspecified atom stereocenters. The van der Waals surface area contributed by atoms with Gasteiger partial charge in [0.1, 0.15) is 0 Å². The van der Waals surface area contributed by atoms with Crippen molar-refractivity contribution in [3.05, 3.63) is 0 Å². The summed E-state index contributed by atoms with van der Waals surface area (Å²) in [7, 11) is 1.73. The van der Waals surface area contributed by atoms with Crippen LogP contribution in [0.3, 0.4) is 0 Å². The van der Waals surface area contributed by atoms with Crippen molar-refractivity contribution in [2.45, 2.75) is 5.25 Å². The van der Waals surface area contributed by atoms with Crippen molar-refractivity contribution in [2.75, 3.05) is 33.4 Å². The second kappa shape index (κ2) is 4.18. The van der Waals surface area contributed by atoms with Crippen LogP contribution in [-0.4, -0.2) is 43.5 Å². The molecule has 4 heteroatoms. The van der Waals surface area contributed by atoms with Gasteiger partial charge in [-0.1, -0.05) is 11.9 Å². The SMILES string of the molecule is COCCN1CC(SN)C1. The molecule has 0 spiro atoms. The van der Waals surface area contributed by atoms with Gasteiger partial charge in [-0.15, -0.1) is 0 Å². The largest absolute Gasteiger partial charge is 0.383 e. The Bertz CT molecular complexity index is 93.0. The van der Waals surface area contributed by atoms with E-state index >= 15 is 0 Å². The molecule has 0 aromatic rings. The standard InChI is InChI=1S/C6H14N2OS/c1-9-3-2-8-4-6(5-8)10-7/h6H,2-5,7H2,1H3. The van der Waals surface area contributed by atoms with E-state index in [1.807, 2.05) is 0 Å². The van der Waals surface area contributed by atoms with Gasteiger partial charge >= 0.3 is 0 Å². The maximum atomic E-state index is 5.38. The first-order valence-electron chi connectivity index (χ1n) is 3.43. The van der Waals surface area contributed by atoms with Crippen LogP contribution in [0.25, 0.3) is 0 Å². The van der Waals surface area contributed by atoms with E-state index in [9.17, 15) is 0 Å². The summed E-state index contributed by atoms with van der Waals surface area (Å²) in [4.78, 5) is 2.34. The molecular weight excluding hydrogens is 148 g/mol. The molecule has 1 rings (SSSR count). The van der Waals surface area contributed by atoms with Crippen LogP contribution in [0.4, 0.5) is 0 Å². The summed E-state index contributed by atoms with van der Waals surface area (Å²) in [5, 5.41) is 6.05. The van der Waals surface area contributed by atoms with Gasteiger partial charge in [-0.05, 0) is 0 Å². The van der Waals surface area contributed by atoms with Gasteiger partial charge in [0.15, 0.2) is 0 Å². The number of hydrogen-bond donors (Lipinski definition) is 1. The minimum atomic E-state index is 0.664. The molecule has 0 saturated carbocycles. The molecule has 0 radical (unpaired) electrons. The molecule has 1 aliphatic rings. The highest BCUT2D eigenvalue weighted by Gasteiger charge is 2.25. The highest BCUT2D eigenvalue weighted by Crippen LogP contribution is 2.16. The van der Waals surface area contributed by atoms with Crippen LogP contribution in [0, 0.1) is 0 Å². The number of methoxy groups -OCH3 is 1. The van der Waals surface area contributed by atoms with E-state index in [0.29, 0.717) is 5.25 Å². The van der Waals surface area contributed by atoms with Gasteiger partial charge in [-0.3, -0.25) is 10.0 Å². The summed E-state index contributed by atoms with van der Waals surface area (Å²) >= 11 is 1.47. The summed E-state index contributed by atoms with van der Waals surface area (Å²) < 4.78 is 4.94. The van der Waals surface area contributed by atoms with E-state index in [1.54, 1.807) is 7.11 Å². The predicted octanol–water partition coefficient (Wildman–Crippen LogP) is -0.0761. The highest BCUT2D eigenvalue weighted by molar-refractivity contribution is 7.97. The molecule has 1 saturated heterocycles. The molecule has 1 heterocycles. The Labute approximate surface area is 66.0 Å². The maximum Gasteiger partial charge on any atom is 0.0589 e. The van der Waals surface area contributed by atoms with Crippen LogP contribution in [0.1, 0.15) is 0 Å². The topological polar surface area (TPSA) is 38.5 Å². The smallest absolute Gasteiger partial charge is 0.0589 e. The van der Waals surface area contributed by atoms with E-state index in [1.165, 1.54) is 11.9 Å². The third kappa shape index (κ3) is 2.12. The average Bonchev–Trinajstić information content (AvgIpc) is 1.86. The Kier molecular flexibility index (Phi) is 3.48. The summed E-state index contributed by atoms with van der Waals surface area (Å²) in [5.74, 6) is 0. The molecule has 0 amide bonds. The zero-order chi connectivity index (χ0) is 7.40. The molecule has 0 aliphatic carbocycles. The van der Waals surface area contributed by atoms with Crippen molar-refractivity contribution in [2.24, 2.45) is 5.14 Å². The van der Waals surface area contributed by atoms with Crippen LogP contribution < -0.4 is 5.14 Å². The van der Waals surface area contributed by atoms with E-state index in [2.05, 4.69) is 4.90 Å². The Balaban J connectivity index is 1.93. The Hall–Kier alpha value is 0.230. The molecule has 2 N–H and O–H groups in total. The fourth-order valence-electron chi connectivity index (χ4n) is 1.01. The second-order valence-corrected chi connectivity index (χ2v) is 3.45. The third-order valence-corrected chi connectivity index (χ3v) is 2.41. The molecule has 1 aliphatic heterocycles. The monoisotopic (exact) mass is 162 g/mol. The van der Waals surface area contributed by atoms with Crippen LogP contribution in [-0.2, 0) is 4.74 Å². The van der Waals surface area contributed by atoms with E-state index in [-0.39, 0.29) is 0 Å². The lowest BCUT2D eigenvalue weighted by Crippen LogP contribution is -2.50. The zero-order valence-corrected chi connectivity index (χ0v) is 7.06. The van der Waals surface area contributed by atoms with Gasteiger partial charge in [0, 0.05) is 32.0 Å². The lowest BCUT2D eigenvalue weighted by molar-refractivity contribution is 0.115. The molecule has 0 aromatic heterocycles. The molecule has 10 heavy (non-hydrogen) atoms. The van der Waals surface area contributed by atoms with Crippen molar-refractivity contribution < 1.29 is 4.74 Å². The number of ether oxygens (including phenoxy) is 1. The fraction of sp³-hybridized carbons (Fsp3) is 1.00. The number of nitrogens with zero attached hydrogens (tertiary/aromatic N) is 1. The van der Waals surface area contributed by atoms with Crippen molar-refractivity contribution in [3.8, 4) is 0 Å². The summed E-state index contributed by atoms with van der Waals surface area (Å²) in [6.07, 6.45) is 0. The van der Waals surface area contributed by atoms with Crippen molar-refractivity contribution in [1.29, 1.82) is 0 Å². The zero-order valence-electron chi connectivity index (χ0n) is 6.25. The predicted molar refractivity (Wildman–Crippen MR) is 43.9 cm³/mol. The first-order valence-corrected chi connectivity index (χ1v) is 4.38. The van der Waals surface area contributed by atoms with Crippen molar-refractivity contribution in [3.63, 3.8) is 0 Å². The highest BCUT2D eigenvalue weighted by atomic mass is 32.2. The number of nitrogens with two attached hydrogens (primary N) is 1. The quantitative estimate of drug-likeness (QED) is 0.587. The molecule has 0 atom stereocenters. The molecule has 0 aromatic carbocycles. The first kappa shape index (κ1) is 8.33. The van der Waals surface area contributed by atoms with Crippen LogP contribution in [0.15, 0.2) is 0 Å². The Morgan fingerprint density at radius 3 is 2.90 bits per heavy atom. The van der Waals surface area contributed by atoms with Crippen molar-refractivity contribution >= 4 is 11.9 Å². The average molecular weight is 162 g/mol. The van der Waals surface area contributed by atoms with Crippen LogP contribution in [0.5, 0.6) is 0 Å². The van der Waals surface area contributed by atoms with Gasteiger partial charge in [0.2, 0.25) is 0 Å².